The molecule has 80 valence electrons. The SMILES string of the molecule is CC(=O)OC1Cc2ccc(N)cc2C1C. The Hall–Kier alpha value is -1.51. The second-order valence-electron chi connectivity index (χ2n) is 4.10. The first-order valence-corrected chi connectivity index (χ1v) is 5.13. The van der Waals surface area contributed by atoms with Crippen LogP contribution in [0.25, 0.3) is 0 Å². The molecule has 1 aromatic carbocycles. The first-order chi connectivity index (χ1) is 7.08. The molecule has 15 heavy (non-hydrogen) atoms. The lowest BCUT2D eigenvalue weighted by atomic mass is 10.0. The van der Waals surface area contributed by atoms with Crippen molar-refractivity contribution in [2.24, 2.45) is 0 Å². The van der Waals surface area contributed by atoms with Crippen molar-refractivity contribution in [1.29, 1.82) is 0 Å². The number of esters is 1. The number of hydrogen-bond acceptors (Lipinski definition) is 3. The largest absolute Gasteiger partial charge is 0.462 e. The Morgan fingerprint density at radius 3 is 2.93 bits per heavy atom. The predicted molar refractivity (Wildman–Crippen MR) is 58.5 cm³/mol. The molecular weight excluding hydrogens is 190 g/mol. The number of carbonyl (C=O) groups excluding carboxylic acids is 1. The highest BCUT2D eigenvalue weighted by atomic mass is 16.5. The second-order valence-corrected chi connectivity index (χ2v) is 4.10. The molecule has 0 saturated heterocycles. The van der Waals surface area contributed by atoms with E-state index in [0.29, 0.717) is 0 Å². The number of nitrogens with two attached hydrogens (primary N) is 1. The summed E-state index contributed by atoms with van der Waals surface area (Å²) in [5.74, 6) is 0.0278. The van der Waals surface area contributed by atoms with Gasteiger partial charge in [0, 0.05) is 24.9 Å². The summed E-state index contributed by atoms with van der Waals surface area (Å²) in [6.45, 7) is 3.52. The van der Waals surface area contributed by atoms with Crippen molar-refractivity contribution in [3.63, 3.8) is 0 Å². The number of rotatable bonds is 1. The smallest absolute Gasteiger partial charge is 0.302 e. The number of hydrogen-bond donors (Lipinski definition) is 1. The first kappa shape index (κ1) is 10.0. The van der Waals surface area contributed by atoms with Crippen molar-refractivity contribution in [1.82, 2.24) is 0 Å². The lowest BCUT2D eigenvalue weighted by Gasteiger charge is -2.15. The molecule has 0 bridgehead atoms. The van der Waals surface area contributed by atoms with Crippen molar-refractivity contribution in [2.45, 2.75) is 32.3 Å². The van der Waals surface area contributed by atoms with Crippen LogP contribution in [-0.2, 0) is 16.0 Å². The van der Waals surface area contributed by atoms with Crippen LogP contribution in [0.3, 0.4) is 0 Å². The second kappa shape index (κ2) is 3.57. The molecule has 1 aromatic rings. The summed E-state index contributed by atoms with van der Waals surface area (Å²) in [6, 6.07) is 5.88. The molecule has 0 heterocycles. The summed E-state index contributed by atoms with van der Waals surface area (Å²) >= 11 is 0. The summed E-state index contributed by atoms with van der Waals surface area (Å²) in [6.07, 6.45) is 0.774. The topological polar surface area (TPSA) is 52.3 Å². The minimum Gasteiger partial charge on any atom is -0.462 e. The van der Waals surface area contributed by atoms with Crippen LogP contribution >= 0.6 is 0 Å². The average Bonchev–Trinajstić information content (AvgIpc) is 2.44. The Balaban J connectivity index is 2.25. The number of nitrogen functional groups attached to an aromatic ring is 1. The normalized spacial score (nSPS) is 23.6. The molecule has 0 aromatic heterocycles. The van der Waals surface area contributed by atoms with Crippen molar-refractivity contribution in [3.05, 3.63) is 29.3 Å². The lowest BCUT2D eigenvalue weighted by molar-refractivity contribution is -0.146. The molecule has 0 spiro atoms. The maximum Gasteiger partial charge on any atom is 0.302 e. The maximum atomic E-state index is 10.9. The zero-order valence-electron chi connectivity index (χ0n) is 8.99. The van der Waals surface area contributed by atoms with Gasteiger partial charge in [0.25, 0.3) is 0 Å². The van der Waals surface area contributed by atoms with Gasteiger partial charge in [-0.1, -0.05) is 13.0 Å². The Labute approximate surface area is 89.2 Å². The van der Waals surface area contributed by atoms with Gasteiger partial charge in [0.2, 0.25) is 0 Å². The number of benzene rings is 1. The van der Waals surface area contributed by atoms with Crippen LogP contribution in [0.1, 0.15) is 30.9 Å². The van der Waals surface area contributed by atoms with Crippen LogP contribution in [0.2, 0.25) is 0 Å². The zero-order chi connectivity index (χ0) is 11.0. The Morgan fingerprint density at radius 1 is 1.53 bits per heavy atom. The van der Waals surface area contributed by atoms with Gasteiger partial charge in [-0.3, -0.25) is 4.79 Å². The number of fused-ring (bicyclic) bond motifs is 1. The quantitative estimate of drug-likeness (QED) is 0.562. The standard InChI is InChI=1S/C12H15NO2/c1-7-11-6-10(13)4-3-9(11)5-12(7)15-8(2)14/h3-4,6-7,12H,5,13H2,1-2H3. The van der Waals surface area contributed by atoms with E-state index in [2.05, 4.69) is 6.92 Å². The van der Waals surface area contributed by atoms with Gasteiger partial charge in [-0.25, -0.2) is 0 Å². The van der Waals surface area contributed by atoms with Gasteiger partial charge in [0.1, 0.15) is 6.10 Å². The molecule has 2 atom stereocenters. The molecule has 1 aliphatic carbocycles. The van der Waals surface area contributed by atoms with E-state index in [4.69, 9.17) is 10.5 Å². The van der Waals surface area contributed by atoms with Crippen molar-refractivity contribution in [3.8, 4) is 0 Å². The van der Waals surface area contributed by atoms with Crippen LogP contribution in [0.4, 0.5) is 5.69 Å². The third-order valence-corrected chi connectivity index (χ3v) is 2.96. The molecule has 2 rings (SSSR count). The van der Waals surface area contributed by atoms with Crippen molar-refractivity contribution < 1.29 is 9.53 Å². The molecule has 1 aliphatic rings. The Morgan fingerprint density at radius 2 is 2.27 bits per heavy atom. The van der Waals surface area contributed by atoms with E-state index >= 15 is 0 Å². The summed E-state index contributed by atoms with van der Waals surface area (Å²) in [5, 5.41) is 0. The number of carbonyl (C=O) groups is 1. The maximum absolute atomic E-state index is 10.9. The predicted octanol–water partition coefficient (Wildman–Crippen LogP) is 1.86. The highest BCUT2D eigenvalue weighted by Gasteiger charge is 2.31. The van der Waals surface area contributed by atoms with Gasteiger partial charge < -0.3 is 10.5 Å². The fourth-order valence-corrected chi connectivity index (χ4v) is 2.17. The van der Waals surface area contributed by atoms with Gasteiger partial charge in [-0.2, -0.15) is 0 Å². The highest BCUT2D eigenvalue weighted by molar-refractivity contribution is 5.66. The molecular formula is C12H15NO2. The number of anilines is 1. The van der Waals surface area contributed by atoms with Gasteiger partial charge in [0.05, 0.1) is 0 Å². The minimum atomic E-state index is -0.215. The van der Waals surface area contributed by atoms with Crippen molar-refractivity contribution >= 4 is 11.7 Å². The fourth-order valence-electron chi connectivity index (χ4n) is 2.17. The fraction of sp³-hybridized carbons (Fsp3) is 0.417. The average molecular weight is 205 g/mol. The van der Waals surface area contributed by atoms with Crippen LogP contribution in [-0.4, -0.2) is 12.1 Å². The molecule has 0 saturated carbocycles. The molecule has 0 fully saturated rings. The first-order valence-electron chi connectivity index (χ1n) is 5.13. The summed E-state index contributed by atoms with van der Waals surface area (Å²) in [5.41, 5.74) is 8.95. The Bertz CT molecular complexity index is 401. The van der Waals surface area contributed by atoms with E-state index < -0.39 is 0 Å². The van der Waals surface area contributed by atoms with E-state index in [9.17, 15) is 4.79 Å². The van der Waals surface area contributed by atoms with Crippen LogP contribution in [0.15, 0.2) is 18.2 Å². The van der Waals surface area contributed by atoms with Crippen LogP contribution in [0.5, 0.6) is 0 Å². The third kappa shape index (κ3) is 1.82. The van der Waals surface area contributed by atoms with E-state index in [1.807, 2.05) is 18.2 Å². The Kier molecular flexibility index (Phi) is 2.39. The van der Waals surface area contributed by atoms with Gasteiger partial charge in [-0.05, 0) is 23.3 Å². The van der Waals surface area contributed by atoms with Crippen molar-refractivity contribution in [2.75, 3.05) is 5.73 Å². The highest BCUT2D eigenvalue weighted by Crippen LogP contribution is 2.35. The van der Waals surface area contributed by atoms with Gasteiger partial charge in [0.15, 0.2) is 0 Å². The summed E-state index contributed by atoms with van der Waals surface area (Å²) in [4.78, 5) is 10.9. The van der Waals surface area contributed by atoms with Crippen LogP contribution < -0.4 is 5.73 Å². The summed E-state index contributed by atoms with van der Waals surface area (Å²) in [7, 11) is 0. The molecule has 2 N–H and O–H groups in total. The summed E-state index contributed by atoms with van der Waals surface area (Å²) < 4.78 is 5.27. The molecule has 0 radical (unpaired) electrons. The molecule has 0 aliphatic heterocycles. The number of ether oxygens (including phenoxy) is 1. The van der Waals surface area contributed by atoms with E-state index in [1.165, 1.54) is 18.1 Å². The van der Waals surface area contributed by atoms with Crippen LogP contribution in [0, 0.1) is 0 Å². The van der Waals surface area contributed by atoms with E-state index in [0.717, 1.165) is 12.1 Å². The van der Waals surface area contributed by atoms with E-state index in [1.54, 1.807) is 0 Å². The van der Waals surface area contributed by atoms with Gasteiger partial charge in [-0.15, -0.1) is 0 Å². The molecule has 2 unspecified atom stereocenters. The van der Waals surface area contributed by atoms with E-state index in [-0.39, 0.29) is 18.0 Å². The third-order valence-electron chi connectivity index (χ3n) is 2.96. The molecule has 3 nitrogen and oxygen atoms in total. The minimum absolute atomic E-state index is 0.0284. The van der Waals surface area contributed by atoms with Gasteiger partial charge >= 0.3 is 5.97 Å². The zero-order valence-corrected chi connectivity index (χ0v) is 8.99. The lowest BCUT2D eigenvalue weighted by Crippen LogP contribution is -2.19. The monoisotopic (exact) mass is 205 g/mol. The molecule has 3 heteroatoms. The molecule has 0 amide bonds.